The molecule has 1 atom stereocenters. The lowest BCUT2D eigenvalue weighted by atomic mass is 10.1. The quantitative estimate of drug-likeness (QED) is 0.710. The maximum atomic E-state index is 11.6. The first kappa shape index (κ1) is 18.3. The maximum Gasteiger partial charge on any atom is 0.211 e. The summed E-state index contributed by atoms with van der Waals surface area (Å²) in [6.45, 7) is 3.61. The molecule has 2 rings (SSSR count). The van der Waals surface area contributed by atoms with E-state index in [0.717, 1.165) is 51.0 Å². The number of sulfonamides is 1. The molecule has 1 unspecified atom stereocenters. The van der Waals surface area contributed by atoms with E-state index in [1.54, 1.807) is 0 Å². The van der Waals surface area contributed by atoms with E-state index in [0.29, 0.717) is 12.5 Å². The van der Waals surface area contributed by atoms with E-state index in [2.05, 4.69) is 24.9 Å². The fourth-order valence-corrected chi connectivity index (χ4v) is 3.68. The summed E-state index contributed by atoms with van der Waals surface area (Å²) < 4.78 is 25.6. The second-order valence-electron chi connectivity index (χ2n) is 5.93. The molecule has 1 aromatic rings. The van der Waals surface area contributed by atoms with Gasteiger partial charge in [-0.25, -0.2) is 23.1 Å². The molecule has 0 aromatic carbocycles. The van der Waals surface area contributed by atoms with Gasteiger partial charge in [-0.1, -0.05) is 0 Å². The zero-order chi connectivity index (χ0) is 16.5. The van der Waals surface area contributed by atoms with Crippen molar-refractivity contribution in [3.63, 3.8) is 0 Å². The maximum absolute atomic E-state index is 11.6. The molecule has 130 valence electrons. The monoisotopic (exact) mass is 341 g/mol. The van der Waals surface area contributed by atoms with Crippen molar-refractivity contribution in [2.45, 2.75) is 38.3 Å². The zero-order valence-corrected chi connectivity index (χ0v) is 14.6. The lowest BCUT2D eigenvalue weighted by molar-refractivity contribution is 0.173. The highest BCUT2D eigenvalue weighted by molar-refractivity contribution is 7.89. The van der Waals surface area contributed by atoms with Crippen molar-refractivity contribution >= 4 is 10.0 Å². The molecule has 0 aliphatic carbocycles. The predicted molar refractivity (Wildman–Crippen MR) is 90.4 cm³/mol. The molecule has 1 aromatic heterocycles. The summed E-state index contributed by atoms with van der Waals surface area (Å²) in [5.41, 5.74) is 1.07. The largest absolute Gasteiger partial charge is 0.317 e. The second kappa shape index (κ2) is 9.27. The van der Waals surface area contributed by atoms with Crippen LogP contribution in [0.2, 0.25) is 0 Å². The Hall–Kier alpha value is -1.09. The molecule has 1 fully saturated rings. The Balaban J connectivity index is 1.98. The fraction of sp³-hybridized carbons (Fsp3) is 0.733. The van der Waals surface area contributed by atoms with Gasteiger partial charge in [0, 0.05) is 30.5 Å². The number of hydrogen-bond donors (Lipinski definition) is 2. The van der Waals surface area contributed by atoms with Gasteiger partial charge in [0.1, 0.15) is 6.33 Å². The van der Waals surface area contributed by atoms with Gasteiger partial charge >= 0.3 is 0 Å². The predicted octanol–water partition coefficient (Wildman–Crippen LogP) is 0.360. The van der Waals surface area contributed by atoms with Crippen LogP contribution in [-0.2, 0) is 16.6 Å². The number of nitrogens with zero attached hydrogens (tertiary/aromatic N) is 3. The van der Waals surface area contributed by atoms with Crippen molar-refractivity contribution in [3.05, 3.63) is 24.3 Å². The first-order chi connectivity index (χ1) is 11.1. The van der Waals surface area contributed by atoms with Crippen LogP contribution in [0.15, 0.2) is 18.7 Å². The third kappa shape index (κ3) is 6.50. The molecular formula is C15H27N5O2S. The van der Waals surface area contributed by atoms with Crippen LogP contribution in [0.25, 0.3) is 0 Å². The van der Waals surface area contributed by atoms with Crippen LogP contribution in [0.1, 0.15) is 31.2 Å². The van der Waals surface area contributed by atoms with Crippen LogP contribution >= 0.6 is 0 Å². The Morgan fingerprint density at radius 2 is 2.09 bits per heavy atom. The van der Waals surface area contributed by atoms with E-state index in [4.69, 9.17) is 0 Å². The summed E-state index contributed by atoms with van der Waals surface area (Å²) in [5, 5.41) is 3.43. The summed E-state index contributed by atoms with van der Waals surface area (Å²) in [5.74, 6) is 0.163. The Morgan fingerprint density at radius 1 is 1.30 bits per heavy atom. The molecule has 0 saturated carbocycles. The van der Waals surface area contributed by atoms with Crippen LogP contribution in [0, 0.1) is 0 Å². The molecule has 0 amide bonds. The van der Waals surface area contributed by atoms with Crippen LogP contribution in [-0.4, -0.2) is 61.8 Å². The minimum Gasteiger partial charge on any atom is -0.317 e. The summed E-state index contributed by atoms with van der Waals surface area (Å²) >= 11 is 0. The third-order valence-corrected chi connectivity index (χ3v) is 5.68. The highest BCUT2D eigenvalue weighted by Crippen LogP contribution is 2.17. The Kier molecular flexibility index (Phi) is 7.35. The second-order valence-corrected chi connectivity index (χ2v) is 7.97. The minimum absolute atomic E-state index is 0.163. The highest BCUT2D eigenvalue weighted by Gasteiger charge is 2.21. The van der Waals surface area contributed by atoms with Crippen molar-refractivity contribution in [2.24, 2.45) is 0 Å². The van der Waals surface area contributed by atoms with Crippen molar-refractivity contribution in [1.82, 2.24) is 24.9 Å². The molecule has 7 nitrogen and oxygen atoms in total. The van der Waals surface area contributed by atoms with Crippen LogP contribution in [0.5, 0.6) is 0 Å². The van der Waals surface area contributed by atoms with Crippen molar-refractivity contribution in [3.8, 4) is 0 Å². The Labute approximate surface area is 138 Å². The van der Waals surface area contributed by atoms with E-state index in [1.165, 1.54) is 13.4 Å². The number of nitrogens with one attached hydrogen (secondary N) is 2. The molecule has 0 radical (unpaired) electrons. The standard InChI is InChI=1S/C15H27N5O2S/c1-16-23(21,22)9-3-8-20(12-14-10-18-13-19-11-14)15-4-2-6-17-7-5-15/h10-11,13,15-17H,2-9,12H2,1H3. The molecule has 1 aliphatic heterocycles. The van der Waals surface area contributed by atoms with Crippen molar-refractivity contribution in [2.75, 3.05) is 32.4 Å². The number of hydrogen-bond acceptors (Lipinski definition) is 6. The molecular weight excluding hydrogens is 314 g/mol. The molecule has 0 spiro atoms. The van der Waals surface area contributed by atoms with E-state index in [1.807, 2.05) is 12.4 Å². The average Bonchev–Trinajstić information content (AvgIpc) is 2.84. The molecule has 1 aliphatic rings. The molecule has 8 heteroatoms. The van der Waals surface area contributed by atoms with Crippen LogP contribution < -0.4 is 10.0 Å². The lowest BCUT2D eigenvalue weighted by Gasteiger charge is -2.31. The minimum atomic E-state index is -3.14. The van der Waals surface area contributed by atoms with Crippen molar-refractivity contribution in [1.29, 1.82) is 0 Å². The number of rotatable bonds is 8. The van der Waals surface area contributed by atoms with Gasteiger partial charge in [-0.15, -0.1) is 0 Å². The first-order valence-electron chi connectivity index (χ1n) is 8.20. The highest BCUT2D eigenvalue weighted by atomic mass is 32.2. The van der Waals surface area contributed by atoms with Crippen LogP contribution in [0.3, 0.4) is 0 Å². The average molecular weight is 341 g/mol. The van der Waals surface area contributed by atoms with E-state index >= 15 is 0 Å². The van der Waals surface area contributed by atoms with E-state index < -0.39 is 10.0 Å². The molecule has 23 heavy (non-hydrogen) atoms. The van der Waals surface area contributed by atoms with Gasteiger partial charge in [0.25, 0.3) is 0 Å². The first-order valence-corrected chi connectivity index (χ1v) is 9.86. The fourth-order valence-electron chi connectivity index (χ4n) is 2.96. The number of aromatic nitrogens is 2. The summed E-state index contributed by atoms with van der Waals surface area (Å²) in [7, 11) is -1.68. The summed E-state index contributed by atoms with van der Waals surface area (Å²) in [4.78, 5) is 10.5. The van der Waals surface area contributed by atoms with Gasteiger partial charge in [-0.3, -0.25) is 4.90 Å². The normalized spacial score (nSPS) is 19.7. The molecule has 1 saturated heterocycles. The Bertz CT molecular complexity index is 544. The molecule has 2 heterocycles. The van der Waals surface area contributed by atoms with Gasteiger partial charge in [0.05, 0.1) is 5.75 Å². The summed E-state index contributed by atoms with van der Waals surface area (Å²) in [6.07, 6.45) is 9.20. The van der Waals surface area contributed by atoms with E-state index in [9.17, 15) is 8.42 Å². The van der Waals surface area contributed by atoms with Gasteiger partial charge in [-0.2, -0.15) is 0 Å². The topological polar surface area (TPSA) is 87.2 Å². The van der Waals surface area contributed by atoms with Gasteiger partial charge in [0.2, 0.25) is 10.0 Å². The van der Waals surface area contributed by atoms with Gasteiger partial charge in [-0.05, 0) is 52.4 Å². The van der Waals surface area contributed by atoms with E-state index in [-0.39, 0.29) is 5.75 Å². The van der Waals surface area contributed by atoms with Gasteiger partial charge in [0.15, 0.2) is 0 Å². The Morgan fingerprint density at radius 3 is 2.83 bits per heavy atom. The summed E-state index contributed by atoms with van der Waals surface area (Å²) in [6, 6.07) is 0.475. The lowest BCUT2D eigenvalue weighted by Crippen LogP contribution is -2.37. The molecule has 2 N–H and O–H groups in total. The molecule has 0 bridgehead atoms. The third-order valence-electron chi connectivity index (χ3n) is 4.23. The smallest absolute Gasteiger partial charge is 0.211 e. The zero-order valence-electron chi connectivity index (χ0n) is 13.7. The van der Waals surface area contributed by atoms with Gasteiger partial charge < -0.3 is 5.32 Å². The van der Waals surface area contributed by atoms with Crippen molar-refractivity contribution < 1.29 is 8.42 Å². The SMILES string of the molecule is CNS(=O)(=O)CCCN(Cc1cncnc1)C1CCCNCC1. The van der Waals surface area contributed by atoms with Crippen LogP contribution in [0.4, 0.5) is 0 Å².